The van der Waals surface area contributed by atoms with Gasteiger partial charge in [-0.2, -0.15) is 0 Å². The van der Waals surface area contributed by atoms with E-state index in [1.807, 2.05) is 0 Å². The first-order chi connectivity index (χ1) is 34.5. The highest BCUT2D eigenvalue weighted by Gasteiger charge is 2.37. The lowest BCUT2D eigenvalue weighted by Gasteiger charge is -2.25. The Morgan fingerprint density at radius 3 is 1.59 bits per heavy atom. The Bertz CT molecular complexity index is 3920. The van der Waals surface area contributed by atoms with Crippen LogP contribution in [0.3, 0.4) is 0 Å². The molecule has 3 heteroatoms. The van der Waals surface area contributed by atoms with Gasteiger partial charge in [-0.25, -0.2) is 0 Å². The topological polar surface area (TPSA) is 13.1 Å². The molecule has 13 rings (SSSR count). The Labute approximate surface area is 409 Å². The van der Waals surface area contributed by atoms with E-state index in [1.165, 1.54) is 82.9 Å². The molecule has 0 saturated carbocycles. The molecule has 1 aliphatic carbocycles. The fourth-order valence-electron chi connectivity index (χ4n) is 11.2. The summed E-state index contributed by atoms with van der Waals surface area (Å²) in [4.78, 5) is 2.36. The van der Waals surface area contributed by atoms with Crippen LogP contribution in [-0.4, -0.2) is 9.13 Å². The number of rotatable bonds is 9. The smallest absolute Gasteiger partial charge is 0.0619 e. The second kappa shape index (κ2) is 16.7. The summed E-state index contributed by atoms with van der Waals surface area (Å²) in [5.74, 6) is 0. The molecule has 0 radical (unpaired) electrons. The summed E-state index contributed by atoms with van der Waals surface area (Å²) >= 11 is 0. The number of benzene rings is 10. The maximum atomic E-state index is 2.48. The lowest BCUT2D eigenvalue weighted by molar-refractivity contribution is 0.661. The molecule has 0 unspecified atom stereocenters. The zero-order valence-electron chi connectivity index (χ0n) is 39.2. The highest BCUT2D eigenvalue weighted by atomic mass is 15.1. The predicted molar refractivity (Wildman–Crippen MR) is 296 cm³/mol. The van der Waals surface area contributed by atoms with E-state index in [2.05, 4.69) is 289 Å². The molecule has 0 atom stereocenters. The minimum atomic E-state index is -0.212. The summed E-state index contributed by atoms with van der Waals surface area (Å²) < 4.78 is 4.85. The maximum Gasteiger partial charge on any atom is 0.0619 e. The molecule has 0 bridgehead atoms. The third kappa shape index (κ3) is 6.81. The van der Waals surface area contributed by atoms with Crippen molar-refractivity contribution < 1.29 is 0 Å². The van der Waals surface area contributed by atoms with Gasteiger partial charge in [-0.1, -0.05) is 190 Å². The third-order valence-corrected chi connectivity index (χ3v) is 14.5. The SMILES string of the molecule is CC1(C)c2cc(C=Cc3ccc(N(c4ccccc4)c4ccc5c(c4)c4ccccc4n5-c4ccccc4)cc3)ccc2-c2cc3c(-c4ccccc4)c(-c4ccccc4)n(-c4ccccc4)c3cc21. The van der Waals surface area contributed by atoms with E-state index in [-0.39, 0.29) is 5.41 Å². The number of hydrogen-bond acceptors (Lipinski definition) is 1. The molecular weight excluding hydrogens is 847 g/mol. The molecule has 12 aromatic rings. The Balaban J connectivity index is 0.859. The van der Waals surface area contributed by atoms with Gasteiger partial charge in [-0.15, -0.1) is 0 Å². The number of anilines is 3. The second-order valence-corrected chi connectivity index (χ2v) is 19.0. The van der Waals surface area contributed by atoms with Gasteiger partial charge in [0.2, 0.25) is 0 Å². The molecule has 1 aliphatic rings. The van der Waals surface area contributed by atoms with Gasteiger partial charge in [0.05, 0.1) is 22.2 Å². The standard InChI is InChI=1S/C67H49N3/c1-67(2)60-42-47(36-40-55(60)57-44-59-64(45-61(57)67)70(52-28-16-7-17-29-52)66(49-22-10-4-11-23-49)65(59)48-20-8-3-9-21-48)33-32-46-34-37-53(38-35-46)68(50-24-12-5-13-25-50)54-39-41-63-58(43-54)56-30-18-19-31-62(56)69(63)51-26-14-6-15-27-51/h3-45H,1-2H3. The van der Waals surface area contributed by atoms with E-state index in [9.17, 15) is 0 Å². The minimum Gasteiger partial charge on any atom is -0.310 e. The average Bonchev–Trinajstić information content (AvgIpc) is 4.01. The van der Waals surface area contributed by atoms with Crippen molar-refractivity contribution in [2.24, 2.45) is 0 Å². The summed E-state index contributed by atoms with van der Waals surface area (Å²) in [6.07, 6.45) is 4.51. The first kappa shape index (κ1) is 41.3. The van der Waals surface area contributed by atoms with Crippen molar-refractivity contribution in [1.29, 1.82) is 0 Å². The minimum absolute atomic E-state index is 0.212. The van der Waals surface area contributed by atoms with Crippen LogP contribution in [-0.2, 0) is 5.41 Å². The zero-order valence-corrected chi connectivity index (χ0v) is 39.2. The highest BCUT2D eigenvalue weighted by Crippen LogP contribution is 2.53. The van der Waals surface area contributed by atoms with E-state index < -0.39 is 0 Å². The molecule has 0 N–H and O–H groups in total. The number of nitrogens with zero attached hydrogens (tertiary/aromatic N) is 3. The first-order valence-corrected chi connectivity index (χ1v) is 24.3. The Morgan fingerprint density at radius 1 is 0.357 bits per heavy atom. The van der Waals surface area contributed by atoms with Crippen LogP contribution < -0.4 is 4.90 Å². The Hall–Kier alpha value is -8.92. The van der Waals surface area contributed by atoms with Crippen molar-refractivity contribution in [3.05, 3.63) is 271 Å². The third-order valence-electron chi connectivity index (χ3n) is 14.5. The van der Waals surface area contributed by atoms with Crippen LogP contribution in [0.4, 0.5) is 17.1 Å². The van der Waals surface area contributed by atoms with Gasteiger partial charge in [-0.3, -0.25) is 0 Å². The van der Waals surface area contributed by atoms with Crippen molar-refractivity contribution in [3.63, 3.8) is 0 Å². The van der Waals surface area contributed by atoms with Crippen LogP contribution in [0.1, 0.15) is 36.1 Å². The number of para-hydroxylation sites is 4. The van der Waals surface area contributed by atoms with Crippen LogP contribution in [0, 0.1) is 0 Å². The summed E-state index contributed by atoms with van der Waals surface area (Å²) in [5.41, 5.74) is 21.6. The van der Waals surface area contributed by atoms with Crippen molar-refractivity contribution in [2.75, 3.05) is 4.90 Å². The van der Waals surface area contributed by atoms with Crippen LogP contribution in [0.25, 0.3) is 89.7 Å². The molecular formula is C67H49N3. The summed E-state index contributed by atoms with van der Waals surface area (Å²) in [6.45, 7) is 4.78. The Kier molecular flexibility index (Phi) is 9.85. The fourth-order valence-corrected chi connectivity index (χ4v) is 11.2. The van der Waals surface area contributed by atoms with Gasteiger partial charge in [0.25, 0.3) is 0 Å². The maximum absolute atomic E-state index is 2.48. The van der Waals surface area contributed by atoms with E-state index in [0.29, 0.717) is 0 Å². The van der Waals surface area contributed by atoms with Gasteiger partial charge >= 0.3 is 0 Å². The summed E-state index contributed by atoms with van der Waals surface area (Å²) in [6, 6.07) is 90.5. The van der Waals surface area contributed by atoms with Crippen LogP contribution >= 0.6 is 0 Å². The summed E-state index contributed by atoms with van der Waals surface area (Å²) in [7, 11) is 0. The molecule has 0 spiro atoms. The lowest BCUT2D eigenvalue weighted by atomic mass is 9.81. The van der Waals surface area contributed by atoms with E-state index in [0.717, 1.165) is 34.0 Å². The lowest BCUT2D eigenvalue weighted by Crippen LogP contribution is -2.15. The Morgan fingerprint density at radius 2 is 0.886 bits per heavy atom. The fraction of sp³-hybridized carbons (Fsp3) is 0.0448. The number of fused-ring (bicyclic) bond motifs is 7. The normalized spacial score (nSPS) is 12.8. The van der Waals surface area contributed by atoms with Crippen molar-refractivity contribution in [2.45, 2.75) is 19.3 Å². The predicted octanol–water partition coefficient (Wildman–Crippen LogP) is 18.0. The van der Waals surface area contributed by atoms with Crippen LogP contribution in [0.2, 0.25) is 0 Å². The quantitative estimate of drug-likeness (QED) is 0.132. The molecule has 0 saturated heterocycles. The molecule has 2 heterocycles. The largest absolute Gasteiger partial charge is 0.310 e. The molecule has 70 heavy (non-hydrogen) atoms. The average molecular weight is 896 g/mol. The molecule has 0 fully saturated rings. The molecule has 0 amide bonds. The van der Waals surface area contributed by atoms with Crippen molar-refractivity contribution in [1.82, 2.24) is 9.13 Å². The van der Waals surface area contributed by atoms with Crippen LogP contribution in [0.5, 0.6) is 0 Å². The van der Waals surface area contributed by atoms with Gasteiger partial charge in [0, 0.05) is 55.6 Å². The van der Waals surface area contributed by atoms with E-state index in [1.54, 1.807) is 0 Å². The van der Waals surface area contributed by atoms with Gasteiger partial charge < -0.3 is 14.0 Å². The number of aromatic nitrogens is 2. The molecule has 0 aliphatic heterocycles. The second-order valence-electron chi connectivity index (χ2n) is 19.0. The first-order valence-electron chi connectivity index (χ1n) is 24.3. The molecule has 2 aromatic heterocycles. The van der Waals surface area contributed by atoms with Crippen LogP contribution in [0.15, 0.2) is 249 Å². The molecule has 10 aromatic carbocycles. The van der Waals surface area contributed by atoms with Crippen molar-refractivity contribution >= 4 is 61.9 Å². The van der Waals surface area contributed by atoms with Gasteiger partial charge in [-0.05, 0) is 129 Å². The molecule has 3 nitrogen and oxygen atoms in total. The van der Waals surface area contributed by atoms with Gasteiger partial charge in [0.15, 0.2) is 0 Å². The van der Waals surface area contributed by atoms with Crippen molar-refractivity contribution in [3.8, 4) is 44.9 Å². The monoisotopic (exact) mass is 895 g/mol. The van der Waals surface area contributed by atoms with E-state index in [4.69, 9.17) is 0 Å². The highest BCUT2D eigenvalue weighted by molar-refractivity contribution is 6.11. The van der Waals surface area contributed by atoms with Gasteiger partial charge in [0.1, 0.15) is 0 Å². The summed E-state index contributed by atoms with van der Waals surface area (Å²) in [5, 5.41) is 3.72. The molecule has 332 valence electrons. The zero-order chi connectivity index (χ0) is 46.8. The van der Waals surface area contributed by atoms with E-state index >= 15 is 0 Å². The number of hydrogen-bond donors (Lipinski definition) is 0.